The van der Waals surface area contributed by atoms with Crippen LogP contribution in [0.1, 0.15) is 18.9 Å². The SMILES string of the molecule is CNC(=O)C1(C)CCN(C(=O)C(N)Cc2ccccc2)C1. The molecule has 0 saturated carbocycles. The lowest BCUT2D eigenvalue weighted by atomic mass is 9.89. The van der Waals surface area contributed by atoms with E-state index in [2.05, 4.69) is 5.32 Å². The monoisotopic (exact) mass is 289 g/mol. The lowest BCUT2D eigenvalue weighted by Crippen LogP contribution is -2.46. The Morgan fingerprint density at radius 1 is 1.38 bits per heavy atom. The summed E-state index contributed by atoms with van der Waals surface area (Å²) in [6.07, 6.45) is 1.20. The topological polar surface area (TPSA) is 75.4 Å². The summed E-state index contributed by atoms with van der Waals surface area (Å²) in [6.45, 7) is 2.92. The Hall–Kier alpha value is -1.88. The number of rotatable bonds is 4. The van der Waals surface area contributed by atoms with Crippen molar-refractivity contribution in [3.63, 3.8) is 0 Å². The van der Waals surface area contributed by atoms with E-state index < -0.39 is 11.5 Å². The van der Waals surface area contributed by atoms with Crippen LogP contribution in [-0.2, 0) is 16.0 Å². The molecular weight excluding hydrogens is 266 g/mol. The molecule has 1 aromatic carbocycles. The fraction of sp³-hybridized carbons (Fsp3) is 0.500. The maximum Gasteiger partial charge on any atom is 0.239 e. The van der Waals surface area contributed by atoms with Gasteiger partial charge in [-0.25, -0.2) is 0 Å². The van der Waals surface area contributed by atoms with Crippen LogP contribution in [0.3, 0.4) is 0 Å². The van der Waals surface area contributed by atoms with Crippen molar-refractivity contribution in [3.05, 3.63) is 35.9 Å². The smallest absolute Gasteiger partial charge is 0.239 e. The Labute approximate surface area is 125 Å². The molecule has 1 saturated heterocycles. The van der Waals surface area contributed by atoms with E-state index in [4.69, 9.17) is 5.73 Å². The quantitative estimate of drug-likeness (QED) is 0.849. The molecule has 3 N–H and O–H groups in total. The van der Waals surface area contributed by atoms with Gasteiger partial charge in [0.1, 0.15) is 0 Å². The minimum Gasteiger partial charge on any atom is -0.359 e. The Morgan fingerprint density at radius 3 is 2.67 bits per heavy atom. The van der Waals surface area contributed by atoms with Gasteiger partial charge in [0.15, 0.2) is 0 Å². The van der Waals surface area contributed by atoms with Crippen molar-refractivity contribution < 1.29 is 9.59 Å². The van der Waals surface area contributed by atoms with E-state index in [1.54, 1.807) is 11.9 Å². The first kappa shape index (κ1) is 15.5. The van der Waals surface area contributed by atoms with E-state index in [9.17, 15) is 9.59 Å². The van der Waals surface area contributed by atoms with Gasteiger partial charge in [0.25, 0.3) is 0 Å². The van der Waals surface area contributed by atoms with Gasteiger partial charge in [-0.3, -0.25) is 9.59 Å². The van der Waals surface area contributed by atoms with Gasteiger partial charge in [-0.15, -0.1) is 0 Å². The lowest BCUT2D eigenvalue weighted by molar-refractivity contribution is -0.133. The van der Waals surface area contributed by atoms with Crippen molar-refractivity contribution >= 4 is 11.8 Å². The number of nitrogens with zero attached hydrogens (tertiary/aromatic N) is 1. The Bertz CT molecular complexity index is 518. The molecule has 0 spiro atoms. The van der Waals surface area contributed by atoms with Crippen LogP contribution in [-0.4, -0.2) is 42.9 Å². The van der Waals surface area contributed by atoms with Gasteiger partial charge < -0.3 is 16.0 Å². The summed E-state index contributed by atoms with van der Waals surface area (Å²) < 4.78 is 0. The molecule has 114 valence electrons. The van der Waals surface area contributed by atoms with Gasteiger partial charge in [0.05, 0.1) is 11.5 Å². The van der Waals surface area contributed by atoms with Gasteiger partial charge in [-0.05, 0) is 25.3 Å². The van der Waals surface area contributed by atoms with Crippen LogP contribution < -0.4 is 11.1 Å². The van der Waals surface area contributed by atoms with Crippen molar-refractivity contribution in [1.29, 1.82) is 0 Å². The van der Waals surface area contributed by atoms with Crippen LogP contribution in [0.2, 0.25) is 0 Å². The molecule has 0 aromatic heterocycles. The van der Waals surface area contributed by atoms with Crippen molar-refractivity contribution in [2.45, 2.75) is 25.8 Å². The van der Waals surface area contributed by atoms with E-state index in [0.717, 1.165) is 5.56 Å². The number of nitrogens with one attached hydrogen (secondary N) is 1. The molecule has 0 radical (unpaired) electrons. The van der Waals surface area contributed by atoms with Crippen LogP contribution in [0, 0.1) is 5.41 Å². The highest BCUT2D eigenvalue weighted by molar-refractivity contribution is 5.86. The van der Waals surface area contributed by atoms with Gasteiger partial charge in [0.2, 0.25) is 11.8 Å². The third kappa shape index (κ3) is 3.42. The van der Waals surface area contributed by atoms with E-state index >= 15 is 0 Å². The van der Waals surface area contributed by atoms with Crippen LogP contribution in [0.4, 0.5) is 0 Å². The highest BCUT2D eigenvalue weighted by Gasteiger charge is 2.42. The van der Waals surface area contributed by atoms with E-state index in [1.807, 2.05) is 37.3 Å². The van der Waals surface area contributed by atoms with Gasteiger partial charge >= 0.3 is 0 Å². The van der Waals surface area contributed by atoms with E-state index in [1.165, 1.54) is 0 Å². The zero-order valence-corrected chi connectivity index (χ0v) is 12.6. The third-order valence-electron chi connectivity index (χ3n) is 4.18. The second kappa shape index (κ2) is 6.26. The molecule has 2 atom stereocenters. The molecule has 5 heteroatoms. The van der Waals surface area contributed by atoms with Crippen molar-refractivity contribution in [2.75, 3.05) is 20.1 Å². The minimum atomic E-state index is -0.556. The summed E-state index contributed by atoms with van der Waals surface area (Å²) >= 11 is 0. The number of carbonyl (C=O) groups is 2. The lowest BCUT2D eigenvalue weighted by Gasteiger charge is -2.24. The van der Waals surface area contributed by atoms with Crippen LogP contribution >= 0.6 is 0 Å². The standard InChI is InChI=1S/C16H23N3O2/c1-16(15(21)18-2)8-9-19(11-16)14(20)13(17)10-12-6-4-3-5-7-12/h3-7,13H,8-11,17H2,1-2H3,(H,18,21). The summed E-state index contributed by atoms with van der Waals surface area (Å²) in [5.74, 6) is -0.0964. The van der Waals surface area contributed by atoms with Crippen LogP contribution in [0.5, 0.6) is 0 Å². The van der Waals surface area contributed by atoms with Crippen molar-refractivity contribution in [2.24, 2.45) is 11.1 Å². The number of nitrogens with two attached hydrogens (primary N) is 1. The fourth-order valence-electron chi connectivity index (χ4n) is 2.83. The normalized spacial score (nSPS) is 22.9. The maximum atomic E-state index is 12.4. The highest BCUT2D eigenvalue weighted by Crippen LogP contribution is 2.30. The van der Waals surface area contributed by atoms with E-state index in [0.29, 0.717) is 25.9 Å². The Balaban J connectivity index is 1.97. The Kier molecular flexibility index (Phi) is 4.63. The molecular formula is C16H23N3O2. The average molecular weight is 289 g/mol. The highest BCUT2D eigenvalue weighted by atomic mass is 16.2. The second-order valence-electron chi connectivity index (χ2n) is 5.95. The predicted octanol–water partition coefficient (Wildman–Crippen LogP) is 0.541. The van der Waals surface area contributed by atoms with Crippen LogP contribution in [0.25, 0.3) is 0 Å². The molecule has 1 aliphatic heterocycles. The average Bonchev–Trinajstić information content (AvgIpc) is 2.90. The first-order valence-electron chi connectivity index (χ1n) is 7.27. The summed E-state index contributed by atoms with van der Waals surface area (Å²) in [7, 11) is 1.62. The second-order valence-corrected chi connectivity index (χ2v) is 5.95. The number of hydrogen-bond acceptors (Lipinski definition) is 3. The molecule has 0 aliphatic carbocycles. The number of likely N-dealkylation sites (tertiary alicyclic amines) is 1. The molecule has 2 rings (SSSR count). The first-order valence-corrected chi connectivity index (χ1v) is 7.27. The molecule has 1 heterocycles. The summed E-state index contributed by atoms with van der Waals surface area (Å²) in [6, 6.07) is 9.18. The number of benzene rings is 1. The molecule has 21 heavy (non-hydrogen) atoms. The molecule has 2 unspecified atom stereocenters. The van der Waals surface area contributed by atoms with Gasteiger partial charge in [-0.1, -0.05) is 30.3 Å². The molecule has 2 amide bonds. The summed E-state index contributed by atoms with van der Waals surface area (Å²) in [5.41, 5.74) is 6.58. The first-order chi connectivity index (χ1) is 9.96. The number of carbonyl (C=O) groups excluding carboxylic acids is 2. The largest absolute Gasteiger partial charge is 0.359 e. The van der Waals surface area contributed by atoms with Gasteiger partial charge in [0, 0.05) is 20.1 Å². The third-order valence-corrected chi connectivity index (χ3v) is 4.18. The van der Waals surface area contributed by atoms with E-state index in [-0.39, 0.29) is 11.8 Å². The molecule has 1 aromatic rings. The summed E-state index contributed by atoms with van der Waals surface area (Å²) in [5, 5.41) is 2.67. The van der Waals surface area contributed by atoms with Crippen LogP contribution in [0.15, 0.2) is 30.3 Å². The molecule has 1 fully saturated rings. The number of amides is 2. The van der Waals surface area contributed by atoms with Crippen molar-refractivity contribution in [1.82, 2.24) is 10.2 Å². The van der Waals surface area contributed by atoms with Gasteiger partial charge in [-0.2, -0.15) is 0 Å². The minimum absolute atomic E-state index is 0.0190. The molecule has 5 nitrogen and oxygen atoms in total. The summed E-state index contributed by atoms with van der Waals surface area (Å²) in [4.78, 5) is 26.0. The maximum absolute atomic E-state index is 12.4. The zero-order valence-electron chi connectivity index (χ0n) is 12.6. The fourth-order valence-corrected chi connectivity index (χ4v) is 2.83. The zero-order chi connectivity index (χ0) is 15.5. The molecule has 0 bridgehead atoms. The molecule has 1 aliphatic rings. The Morgan fingerprint density at radius 2 is 2.05 bits per heavy atom. The van der Waals surface area contributed by atoms with Crippen molar-refractivity contribution in [3.8, 4) is 0 Å². The number of hydrogen-bond donors (Lipinski definition) is 2. The predicted molar refractivity (Wildman–Crippen MR) is 81.5 cm³/mol.